The van der Waals surface area contributed by atoms with Crippen LogP contribution in [0, 0.1) is 0 Å². The molecule has 26 heavy (non-hydrogen) atoms. The number of nitrogens with zero attached hydrogens (tertiary/aromatic N) is 1. The van der Waals surface area contributed by atoms with Crippen molar-refractivity contribution in [1.29, 1.82) is 0 Å². The first-order chi connectivity index (χ1) is 12.2. The molecule has 0 unspecified atom stereocenters. The molecule has 2 rings (SSSR count). The van der Waals surface area contributed by atoms with E-state index < -0.39 is 48.4 Å². The van der Waals surface area contributed by atoms with Gasteiger partial charge in [0.05, 0.1) is 13.2 Å². The van der Waals surface area contributed by atoms with E-state index >= 15 is 0 Å². The van der Waals surface area contributed by atoms with Crippen LogP contribution in [-0.4, -0.2) is 73.1 Å². The maximum atomic E-state index is 12.5. The number of fused-ring (bicyclic) bond motifs is 1. The van der Waals surface area contributed by atoms with Gasteiger partial charge in [0.15, 0.2) is 5.79 Å². The maximum absolute atomic E-state index is 12.5. The van der Waals surface area contributed by atoms with Crippen LogP contribution in [0.25, 0.3) is 0 Å². The highest BCUT2D eigenvalue weighted by Gasteiger charge is 2.60. The molecule has 2 aliphatic heterocycles. The molecule has 4 atom stereocenters. The molecular weight excluding hydrogens is 348 g/mol. The first-order valence-corrected chi connectivity index (χ1v) is 8.57. The number of ether oxygens (including phenoxy) is 5. The van der Waals surface area contributed by atoms with Gasteiger partial charge in [-0.3, -0.25) is 15.0 Å². The first kappa shape index (κ1) is 20.2. The van der Waals surface area contributed by atoms with Crippen molar-refractivity contribution in [3.8, 4) is 0 Å². The Labute approximate surface area is 152 Å². The minimum Gasteiger partial charge on any atom is -0.464 e. The van der Waals surface area contributed by atoms with Crippen molar-refractivity contribution >= 4 is 18.2 Å². The van der Waals surface area contributed by atoms with Gasteiger partial charge in [-0.05, 0) is 27.7 Å². The second-order valence-electron chi connectivity index (χ2n) is 6.35. The van der Waals surface area contributed by atoms with Gasteiger partial charge >= 0.3 is 18.2 Å². The maximum Gasteiger partial charge on any atom is 0.411 e. The third-order valence-electron chi connectivity index (χ3n) is 3.99. The van der Waals surface area contributed by atoms with Crippen LogP contribution in [0.3, 0.4) is 0 Å². The Morgan fingerprint density at radius 2 is 1.65 bits per heavy atom. The number of carbonyl (C=O) groups is 3. The number of amides is 2. The molecule has 148 valence electrons. The van der Waals surface area contributed by atoms with Gasteiger partial charge in [-0.1, -0.05) is 0 Å². The van der Waals surface area contributed by atoms with Crippen LogP contribution >= 0.6 is 0 Å². The molecule has 0 spiro atoms. The molecule has 0 radical (unpaired) electrons. The van der Waals surface area contributed by atoms with Crippen LogP contribution < -0.4 is 5.32 Å². The van der Waals surface area contributed by atoms with Crippen LogP contribution in [0.4, 0.5) is 9.59 Å². The molecule has 2 fully saturated rings. The monoisotopic (exact) mass is 374 g/mol. The smallest absolute Gasteiger partial charge is 0.411 e. The molecule has 0 saturated carbocycles. The summed E-state index contributed by atoms with van der Waals surface area (Å²) in [4.78, 5) is 37.0. The fourth-order valence-electron chi connectivity index (χ4n) is 3.15. The number of rotatable bonds is 5. The molecule has 2 aliphatic rings. The fraction of sp³-hybridized carbons (Fsp3) is 0.812. The average Bonchev–Trinajstić information content (AvgIpc) is 2.97. The summed E-state index contributed by atoms with van der Waals surface area (Å²) in [5.41, 5.74) is 0. The Kier molecular flexibility index (Phi) is 6.30. The van der Waals surface area contributed by atoms with Crippen molar-refractivity contribution in [1.82, 2.24) is 10.2 Å². The van der Waals surface area contributed by atoms with Crippen LogP contribution in [0.15, 0.2) is 0 Å². The van der Waals surface area contributed by atoms with E-state index in [1.54, 1.807) is 27.7 Å². The number of nitrogens with one attached hydrogen (secondary N) is 1. The fourth-order valence-corrected chi connectivity index (χ4v) is 3.15. The highest BCUT2D eigenvalue weighted by Crippen LogP contribution is 2.40. The highest BCUT2D eigenvalue weighted by atomic mass is 16.8. The average molecular weight is 374 g/mol. The SMILES string of the molecule is CCOC(=O)N[C@@H]1[C@@H]2OC(C)(C)O[C@@H]2[C@@H](COC(C)=O)N1C(=O)OCC. The van der Waals surface area contributed by atoms with Crippen LogP contribution in [0.5, 0.6) is 0 Å². The lowest BCUT2D eigenvalue weighted by Gasteiger charge is -2.33. The van der Waals surface area contributed by atoms with E-state index in [4.69, 9.17) is 23.7 Å². The number of hydrogen-bond acceptors (Lipinski definition) is 8. The summed E-state index contributed by atoms with van der Waals surface area (Å²) >= 11 is 0. The van der Waals surface area contributed by atoms with E-state index in [0.29, 0.717) is 0 Å². The topological polar surface area (TPSA) is 113 Å². The zero-order chi connectivity index (χ0) is 19.5. The number of carbonyl (C=O) groups excluding carboxylic acids is 3. The highest BCUT2D eigenvalue weighted by molar-refractivity contribution is 5.72. The summed E-state index contributed by atoms with van der Waals surface area (Å²) in [7, 11) is 0. The lowest BCUT2D eigenvalue weighted by atomic mass is 10.1. The van der Waals surface area contributed by atoms with Gasteiger partial charge in [0.2, 0.25) is 0 Å². The van der Waals surface area contributed by atoms with E-state index in [2.05, 4.69) is 5.32 Å². The lowest BCUT2D eigenvalue weighted by Crippen LogP contribution is -2.55. The third-order valence-corrected chi connectivity index (χ3v) is 3.99. The summed E-state index contributed by atoms with van der Waals surface area (Å²) in [6.07, 6.45) is -3.54. The predicted octanol–water partition coefficient (Wildman–Crippen LogP) is 0.982. The normalized spacial score (nSPS) is 29.0. The second-order valence-corrected chi connectivity index (χ2v) is 6.35. The van der Waals surface area contributed by atoms with Crippen LogP contribution in [0.1, 0.15) is 34.6 Å². The largest absolute Gasteiger partial charge is 0.464 e. The van der Waals surface area contributed by atoms with Gasteiger partial charge in [0, 0.05) is 6.92 Å². The lowest BCUT2D eigenvalue weighted by molar-refractivity contribution is -0.171. The minimum absolute atomic E-state index is 0.115. The van der Waals surface area contributed by atoms with E-state index in [-0.39, 0.29) is 19.8 Å². The third kappa shape index (κ3) is 4.36. The van der Waals surface area contributed by atoms with E-state index in [0.717, 1.165) is 0 Å². The van der Waals surface area contributed by atoms with Crippen molar-refractivity contribution in [2.24, 2.45) is 0 Å². The van der Waals surface area contributed by atoms with Gasteiger partial charge < -0.3 is 23.7 Å². The molecule has 0 aromatic carbocycles. The van der Waals surface area contributed by atoms with Gasteiger partial charge in [0.25, 0.3) is 0 Å². The molecule has 0 aliphatic carbocycles. The molecule has 0 bridgehead atoms. The standard InChI is InChI=1S/C16H26N2O8/c1-6-22-14(20)17-13-12-11(25-16(4,5)26-12)10(8-24-9(3)19)18(13)15(21)23-7-2/h10-13H,6-8H2,1-5H3,(H,17,20)/t10-,11-,12-,13+/m1/s1. The Bertz CT molecular complexity index is 552. The molecule has 1 N–H and O–H groups in total. The van der Waals surface area contributed by atoms with Gasteiger partial charge in [-0.25, -0.2) is 9.59 Å². The summed E-state index contributed by atoms with van der Waals surface area (Å²) in [5, 5.41) is 2.61. The van der Waals surface area contributed by atoms with Crippen molar-refractivity contribution in [3.63, 3.8) is 0 Å². The number of hydrogen-bond donors (Lipinski definition) is 1. The predicted molar refractivity (Wildman–Crippen MR) is 87.1 cm³/mol. The molecule has 0 aromatic heterocycles. The summed E-state index contributed by atoms with van der Waals surface area (Å²) in [6, 6.07) is -0.684. The van der Waals surface area contributed by atoms with Crippen molar-refractivity contribution in [3.05, 3.63) is 0 Å². The zero-order valence-electron chi connectivity index (χ0n) is 15.6. The van der Waals surface area contributed by atoms with Crippen molar-refractivity contribution < 1.29 is 38.1 Å². The molecule has 0 aromatic rings. The van der Waals surface area contributed by atoms with Gasteiger partial charge in [-0.15, -0.1) is 0 Å². The molecule has 2 saturated heterocycles. The van der Waals surface area contributed by atoms with Gasteiger partial charge in [-0.2, -0.15) is 0 Å². The number of likely N-dealkylation sites (tertiary alicyclic amines) is 1. The minimum atomic E-state index is -0.918. The first-order valence-electron chi connectivity index (χ1n) is 8.57. The van der Waals surface area contributed by atoms with E-state index in [1.165, 1.54) is 11.8 Å². The molecule has 2 heterocycles. The molecule has 10 nitrogen and oxygen atoms in total. The van der Waals surface area contributed by atoms with Gasteiger partial charge in [0.1, 0.15) is 31.0 Å². The number of esters is 1. The zero-order valence-corrected chi connectivity index (χ0v) is 15.6. The molecule has 10 heteroatoms. The van der Waals surface area contributed by atoms with E-state index in [1.807, 2.05) is 0 Å². The van der Waals surface area contributed by atoms with Crippen molar-refractivity contribution in [2.45, 2.75) is 64.8 Å². The van der Waals surface area contributed by atoms with Crippen LogP contribution in [0.2, 0.25) is 0 Å². The van der Waals surface area contributed by atoms with Crippen LogP contribution in [-0.2, 0) is 28.5 Å². The summed E-state index contributed by atoms with van der Waals surface area (Å²) < 4.78 is 26.9. The Hall–Kier alpha value is -2.07. The number of alkyl carbamates (subject to hydrolysis) is 1. The summed E-state index contributed by atoms with van der Waals surface area (Å²) in [6.45, 7) is 8.26. The Balaban J connectivity index is 2.31. The van der Waals surface area contributed by atoms with E-state index in [9.17, 15) is 14.4 Å². The quantitative estimate of drug-likeness (QED) is 0.560. The molecular formula is C16H26N2O8. The van der Waals surface area contributed by atoms with Crippen molar-refractivity contribution in [2.75, 3.05) is 19.8 Å². The summed E-state index contributed by atoms with van der Waals surface area (Å²) in [5.74, 6) is -1.41. The Morgan fingerprint density at radius 3 is 2.23 bits per heavy atom. The molecule has 2 amide bonds. The Morgan fingerprint density at radius 1 is 1.04 bits per heavy atom. The second kappa shape index (κ2) is 8.09.